The zero-order chi connectivity index (χ0) is 18.2. The third kappa shape index (κ3) is 3.27. The Morgan fingerprint density at radius 2 is 1.72 bits per heavy atom. The zero-order valence-electron chi connectivity index (χ0n) is 15.7. The highest BCUT2D eigenvalue weighted by molar-refractivity contribution is 5.78. The summed E-state index contributed by atoms with van der Waals surface area (Å²) in [6.45, 7) is 8.51. The van der Waals surface area contributed by atoms with Gasteiger partial charge in [-0.05, 0) is 58.0 Å². The first-order chi connectivity index (χ1) is 11.8. The van der Waals surface area contributed by atoms with E-state index >= 15 is 0 Å². The molecule has 0 saturated heterocycles. The first kappa shape index (κ1) is 17.1. The van der Waals surface area contributed by atoms with Crippen LogP contribution in [0.2, 0.25) is 0 Å². The second-order valence-corrected chi connectivity index (χ2v) is 7.11. The van der Waals surface area contributed by atoms with Crippen LogP contribution >= 0.6 is 0 Å². The van der Waals surface area contributed by atoms with Gasteiger partial charge in [0.2, 0.25) is 0 Å². The Kier molecular flexibility index (Phi) is 4.33. The van der Waals surface area contributed by atoms with Crippen LogP contribution < -0.4 is 14.8 Å². The highest BCUT2D eigenvalue weighted by atomic mass is 16.5. The Morgan fingerprint density at radius 1 is 1.00 bits per heavy atom. The van der Waals surface area contributed by atoms with Crippen molar-refractivity contribution in [2.45, 2.75) is 33.2 Å². The third-order valence-electron chi connectivity index (χ3n) is 3.99. The van der Waals surface area contributed by atoms with Crippen LogP contribution in [0.15, 0.2) is 36.4 Å². The summed E-state index contributed by atoms with van der Waals surface area (Å²) in [7, 11) is 3.28. The zero-order valence-corrected chi connectivity index (χ0v) is 15.7. The molecular formula is C20H25N3O2. The van der Waals surface area contributed by atoms with E-state index in [1.54, 1.807) is 14.2 Å². The lowest BCUT2D eigenvalue weighted by atomic mass is 10.1. The molecule has 3 aromatic rings. The molecule has 0 saturated carbocycles. The number of benzene rings is 1. The molecule has 1 aromatic carbocycles. The molecule has 0 spiro atoms. The van der Waals surface area contributed by atoms with Crippen molar-refractivity contribution in [2.24, 2.45) is 0 Å². The molecular weight excluding hydrogens is 314 g/mol. The maximum absolute atomic E-state index is 5.46. The van der Waals surface area contributed by atoms with Crippen LogP contribution in [0.3, 0.4) is 0 Å². The highest BCUT2D eigenvalue weighted by Gasteiger charge is 2.21. The van der Waals surface area contributed by atoms with E-state index in [1.165, 1.54) is 0 Å². The SMILES string of the molecule is COc1ccc(-c2nc3cccc(C)n3c2NC(C)(C)C)cc1OC. The van der Waals surface area contributed by atoms with Gasteiger partial charge in [0.05, 0.1) is 14.2 Å². The summed E-state index contributed by atoms with van der Waals surface area (Å²) in [5, 5.41) is 3.61. The van der Waals surface area contributed by atoms with Crippen LogP contribution in [0.1, 0.15) is 26.5 Å². The monoisotopic (exact) mass is 339 g/mol. The second kappa shape index (κ2) is 6.31. The minimum absolute atomic E-state index is 0.0937. The van der Waals surface area contributed by atoms with Crippen molar-refractivity contribution in [1.29, 1.82) is 0 Å². The molecule has 0 aliphatic heterocycles. The molecule has 0 radical (unpaired) electrons. The van der Waals surface area contributed by atoms with Crippen LogP contribution in [0.25, 0.3) is 16.9 Å². The van der Waals surface area contributed by atoms with Gasteiger partial charge in [0.1, 0.15) is 17.2 Å². The topological polar surface area (TPSA) is 47.8 Å². The fourth-order valence-electron chi connectivity index (χ4n) is 2.91. The van der Waals surface area contributed by atoms with Crippen molar-refractivity contribution in [3.63, 3.8) is 0 Å². The number of ether oxygens (including phenoxy) is 2. The second-order valence-electron chi connectivity index (χ2n) is 7.11. The average Bonchev–Trinajstić information content (AvgIpc) is 2.92. The number of imidazole rings is 1. The van der Waals surface area contributed by atoms with Crippen molar-refractivity contribution < 1.29 is 9.47 Å². The van der Waals surface area contributed by atoms with Crippen LogP contribution in [0.4, 0.5) is 5.82 Å². The minimum atomic E-state index is -0.0937. The number of pyridine rings is 1. The molecule has 0 aliphatic rings. The number of rotatable bonds is 4. The van der Waals surface area contributed by atoms with E-state index in [-0.39, 0.29) is 5.54 Å². The molecule has 132 valence electrons. The van der Waals surface area contributed by atoms with Gasteiger partial charge in [-0.1, -0.05) is 6.07 Å². The molecule has 5 nitrogen and oxygen atoms in total. The summed E-state index contributed by atoms with van der Waals surface area (Å²) in [4.78, 5) is 4.86. The van der Waals surface area contributed by atoms with Crippen molar-refractivity contribution in [2.75, 3.05) is 19.5 Å². The lowest BCUT2D eigenvalue weighted by Crippen LogP contribution is -2.27. The third-order valence-corrected chi connectivity index (χ3v) is 3.99. The number of nitrogens with zero attached hydrogens (tertiary/aromatic N) is 2. The van der Waals surface area contributed by atoms with Crippen LogP contribution in [-0.2, 0) is 0 Å². The van der Waals surface area contributed by atoms with Gasteiger partial charge in [0.25, 0.3) is 0 Å². The molecule has 0 atom stereocenters. The molecule has 0 amide bonds. The molecule has 5 heteroatoms. The van der Waals surface area contributed by atoms with E-state index < -0.39 is 0 Å². The van der Waals surface area contributed by atoms with E-state index in [9.17, 15) is 0 Å². The fraction of sp³-hybridized carbons (Fsp3) is 0.350. The maximum atomic E-state index is 5.46. The Morgan fingerprint density at radius 3 is 2.36 bits per heavy atom. The molecule has 0 unspecified atom stereocenters. The number of methoxy groups -OCH3 is 2. The van der Waals surface area contributed by atoms with Crippen LogP contribution in [0.5, 0.6) is 11.5 Å². The van der Waals surface area contributed by atoms with Gasteiger partial charge in [-0.2, -0.15) is 0 Å². The van der Waals surface area contributed by atoms with E-state index in [0.29, 0.717) is 11.5 Å². The largest absolute Gasteiger partial charge is 0.493 e. The van der Waals surface area contributed by atoms with Crippen molar-refractivity contribution >= 4 is 11.5 Å². The first-order valence-electron chi connectivity index (χ1n) is 8.32. The Bertz CT molecular complexity index is 907. The van der Waals surface area contributed by atoms with E-state index in [0.717, 1.165) is 28.4 Å². The summed E-state index contributed by atoms with van der Waals surface area (Å²) in [5.74, 6) is 2.37. The van der Waals surface area contributed by atoms with Gasteiger partial charge in [-0.3, -0.25) is 4.40 Å². The van der Waals surface area contributed by atoms with Gasteiger partial charge >= 0.3 is 0 Å². The summed E-state index contributed by atoms with van der Waals surface area (Å²) < 4.78 is 13.0. The van der Waals surface area contributed by atoms with Crippen molar-refractivity contribution in [1.82, 2.24) is 9.38 Å². The predicted octanol–water partition coefficient (Wildman–Crippen LogP) is 4.54. The number of anilines is 1. The summed E-state index contributed by atoms with van der Waals surface area (Å²) >= 11 is 0. The molecule has 2 heterocycles. The molecule has 2 aromatic heterocycles. The van der Waals surface area contributed by atoms with E-state index in [4.69, 9.17) is 14.5 Å². The number of aryl methyl sites for hydroxylation is 1. The lowest BCUT2D eigenvalue weighted by Gasteiger charge is -2.23. The molecule has 25 heavy (non-hydrogen) atoms. The molecule has 1 N–H and O–H groups in total. The number of fused-ring (bicyclic) bond motifs is 1. The molecule has 3 rings (SSSR count). The van der Waals surface area contributed by atoms with Crippen molar-refractivity contribution in [3.8, 4) is 22.8 Å². The Labute approximate surface area is 148 Å². The number of hydrogen-bond acceptors (Lipinski definition) is 4. The van der Waals surface area contributed by atoms with Gasteiger partial charge in [-0.15, -0.1) is 0 Å². The summed E-state index contributed by atoms with van der Waals surface area (Å²) in [6.07, 6.45) is 0. The standard InChI is InChI=1S/C20H25N3O2/c1-13-8-7-9-17-21-18(19(23(13)17)22-20(2,3)4)14-10-11-15(24-5)16(12-14)25-6/h7-12,22H,1-6H3. The molecule has 0 fully saturated rings. The number of nitrogens with one attached hydrogen (secondary N) is 1. The van der Waals surface area contributed by atoms with Crippen molar-refractivity contribution in [3.05, 3.63) is 42.1 Å². The Balaban J connectivity index is 2.25. The molecule has 0 bridgehead atoms. The summed E-state index contributed by atoms with van der Waals surface area (Å²) in [6, 6.07) is 12.0. The quantitative estimate of drug-likeness (QED) is 0.758. The predicted molar refractivity (Wildman–Crippen MR) is 102 cm³/mol. The van der Waals surface area contributed by atoms with Gasteiger partial charge in [0, 0.05) is 16.8 Å². The Hall–Kier alpha value is -2.69. The lowest BCUT2D eigenvalue weighted by molar-refractivity contribution is 0.355. The van der Waals surface area contributed by atoms with E-state index in [2.05, 4.69) is 43.5 Å². The van der Waals surface area contributed by atoms with Crippen LogP contribution in [-0.4, -0.2) is 29.1 Å². The number of aromatic nitrogens is 2. The molecule has 0 aliphatic carbocycles. The smallest absolute Gasteiger partial charge is 0.161 e. The van der Waals surface area contributed by atoms with Crippen LogP contribution in [0, 0.1) is 6.92 Å². The van der Waals surface area contributed by atoms with E-state index in [1.807, 2.05) is 30.3 Å². The number of hydrogen-bond donors (Lipinski definition) is 1. The normalized spacial score (nSPS) is 11.6. The fourth-order valence-corrected chi connectivity index (χ4v) is 2.91. The highest BCUT2D eigenvalue weighted by Crippen LogP contribution is 2.36. The van der Waals surface area contributed by atoms with Gasteiger partial charge < -0.3 is 14.8 Å². The average molecular weight is 339 g/mol. The van der Waals surface area contributed by atoms with Gasteiger partial charge in [-0.25, -0.2) is 4.98 Å². The van der Waals surface area contributed by atoms with Gasteiger partial charge in [0.15, 0.2) is 11.5 Å². The summed E-state index contributed by atoms with van der Waals surface area (Å²) in [5.41, 5.74) is 3.82. The first-order valence-corrected chi connectivity index (χ1v) is 8.32. The maximum Gasteiger partial charge on any atom is 0.161 e. The minimum Gasteiger partial charge on any atom is -0.493 e.